The Labute approximate surface area is 58.9 Å². The third-order valence-corrected chi connectivity index (χ3v) is 0.720. The number of alkyl halides is 1. The summed E-state index contributed by atoms with van der Waals surface area (Å²) in [6.45, 7) is -3.44. The number of carboxylic acids is 1. The van der Waals surface area contributed by atoms with Crippen LogP contribution >= 0.6 is 11.6 Å². The van der Waals surface area contributed by atoms with E-state index in [2.05, 4.69) is 0 Å². The topological polar surface area (TPSA) is 57.5 Å². The average molecular weight is 144 g/mol. The van der Waals surface area contributed by atoms with Gasteiger partial charge in [0.25, 0.3) is 0 Å². The van der Waals surface area contributed by atoms with Crippen LogP contribution in [0.1, 0.15) is 13.7 Å². The Morgan fingerprint density at radius 2 is 2.75 bits per heavy atom. The average Bonchev–Trinajstić information content (AvgIpc) is 1.80. The van der Waals surface area contributed by atoms with E-state index in [9.17, 15) is 4.79 Å². The minimum absolute atomic E-state index is 2.23. The maximum absolute atomic E-state index is 10.4. The van der Waals surface area contributed by atoms with Gasteiger partial charge in [0.15, 0.2) is 5.60 Å². The van der Waals surface area contributed by atoms with Crippen molar-refractivity contribution < 1.29 is 21.9 Å². The second kappa shape index (κ2) is 2.33. The van der Waals surface area contributed by atoms with E-state index in [0.29, 0.717) is 0 Å². The predicted molar refractivity (Wildman–Crippen MR) is 29.0 cm³/mol. The standard InChI is InChI=1S/C4H7ClO3/c1-4(8,2-5)3(6)7/h8H,2H2,1H3,(H,6,7)/i1D3,2D2. The number of halogens is 1. The molecule has 8 heavy (non-hydrogen) atoms. The highest BCUT2D eigenvalue weighted by Crippen LogP contribution is 2.04. The van der Waals surface area contributed by atoms with Gasteiger partial charge in [0.1, 0.15) is 0 Å². The third-order valence-electron chi connectivity index (χ3n) is 0.446. The van der Waals surface area contributed by atoms with Crippen LogP contribution in [0.2, 0.25) is 0 Å². The van der Waals surface area contributed by atoms with Crippen molar-refractivity contribution in [1.29, 1.82) is 0 Å². The van der Waals surface area contributed by atoms with Crippen LogP contribution in [0.3, 0.4) is 0 Å². The Bertz CT molecular complexity index is 205. The zero-order valence-corrected chi connectivity index (χ0v) is 4.44. The molecule has 48 valence electrons. The summed E-state index contributed by atoms with van der Waals surface area (Å²) in [5.41, 5.74) is -3.61. The minimum Gasteiger partial charge on any atom is -0.479 e. The van der Waals surface area contributed by atoms with Crippen molar-refractivity contribution in [2.75, 3.05) is 5.83 Å². The molecule has 1 atom stereocenters. The molecule has 0 aliphatic carbocycles. The number of hydrogen-bond donors (Lipinski definition) is 2. The normalized spacial score (nSPS) is 30.0. The van der Waals surface area contributed by atoms with Gasteiger partial charge in [-0.2, -0.15) is 0 Å². The molecule has 0 saturated heterocycles. The Balaban J connectivity index is 5.35. The summed E-state index contributed by atoms with van der Waals surface area (Å²) in [6, 6.07) is 0. The van der Waals surface area contributed by atoms with Gasteiger partial charge in [0.05, 0.1) is 5.83 Å². The molecule has 0 aliphatic heterocycles. The van der Waals surface area contributed by atoms with Gasteiger partial charge in [0, 0.05) is 6.85 Å². The number of carbonyl (C=O) groups is 1. The smallest absolute Gasteiger partial charge is 0.336 e. The van der Waals surface area contributed by atoms with Gasteiger partial charge in [-0.05, 0) is 6.85 Å². The van der Waals surface area contributed by atoms with E-state index in [4.69, 9.17) is 28.7 Å². The molecule has 0 heterocycles. The van der Waals surface area contributed by atoms with Gasteiger partial charge in [-0.15, -0.1) is 11.6 Å². The summed E-state index contributed by atoms with van der Waals surface area (Å²) in [5.74, 6) is -5.50. The molecule has 1 unspecified atom stereocenters. The van der Waals surface area contributed by atoms with Gasteiger partial charge in [0.2, 0.25) is 0 Å². The van der Waals surface area contributed by atoms with Gasteiger partial charge < -0.3 is 10.2 Å². The number of hydrogen-bond acceptors (Lipinski definition) is 2. The molecule has 0 aromatic heterocycles. The minimum atomic E-state index is -3.61. The summed E-state index contributed by atoms with van der Waals surface area (Å²) < 4.78 is 33.4. The van der Waals surface area contributed by atoms with Crippen LogP contribution in [0, 0.1) is 0 Å². The first-order valence-corrected chi connectivity index (χ1v) is 1.97. The summed E-state index contributed by atoms with van der Waals surface area (Å²) in [6.07, 6.45) is 0. The van der Waals surface area contributed by atoms with Gasteiger partial charge in [-0.3, -0.25) is 0 Å². The molecule has 0 spiro atoms. The van der Waals surface area contributed by atoms with Crippen molar-refractivity contribution in [3.8, 4) is 0 Å². The number of carboxylic acid groups (broad SMARTS) is 1. The molecule has 0 radical (unpaired) electrons. The van der Waals surface area contributed by atoms with Crippen molar-refractivity contribution in [2.24, 2.45) is 0 Å². The molecule has 0 rings (SSSR count). The van der Waals surface area contributed by atoms with Gasteiger partial charge >= 0.3 is 5.97 Å². The molecule has 0 amide bonds. The van der Waals surface area contributed by atoms with Crippen LogP contribution in [0.4, 0.5) is 0 Å². The van der Waals surface area contributed by atoms with Gasteiger partial charge in [-0.1, -0.05) is 0 Å². The highest BCUT2D eigenvalue weighted by atomic mass is 35.5. The quantitative estimate of drug-likeness (QED) is 0.538. The van der Waals surface area contributed by atoms with Crippen molar-refractivity contribution in [3.63, 3.8) is 0 Å². The summed E-state index contributed by atoms with van der Waals surface area (Å²) in [7, 11) is 0. The first-order chi connectivity index (χ1) is 5.44. The molecule has 0 bridgehead atoms. The fourth-order valence-corrected chi connectivity index (χ4v) is 0.121. The number of aliphatic hydroxyl groups is 1. The van der Waals surface area contributed by atoms with Gasteiger partial charge in [-0.25, -0.2) is 4.79 Å². The Hall–Kier alpha value is -0.280. The molecule has 0 fully saturated rings. The van der Waals surface area contributed by atoms with Crippen LogP contribution in [0.25, 0.3) is 0 Å². The van der Waals surface area contributed by atoms with Crippen LogP contribution in [0.5, 0.6) is 0 Å². The molecular weight excluding hydrogens is 131 g/mol. The fraction of sp³-hybridized carbons (Fsp3) is 0.750. The SMILES string of the molecule is [2H]C([2H])([2H])C(O)(C(=O)O)C([2H])([2H])Cl. The molecule has 0 saturated carbocycles. The van der Waals surface area contributed by atoms with E-state index in [1.165, 1.54) is 0 Å². The Morgan fingerprint density at radius 3 is 2.75 bits per heavy atom. The van der Waals surface area contributed by atoms with Crippen molar-refractivity contribution in [2.45, 2.75) is 12.5 Å². The summed E-state index contributed by atoms with van der Waals surface area (Å²) in [5, 5.41) is 17.5. The second-order valence-electron chi connectivity index (χ2n) is 1.11. The lowest BCUT2D eigenvalue weighted by atomic mass is 10.1. The molecular formula is C4H7ClO3. The first-order valence-electron chi connectivity index (χ1n) is 4.09. The zero-order valence-electron chi connectivity index (χ0n) is 8.68. The maximum atomic E-state index is 10.4. The lowest BCUT2D eigenvalue weighted by Gasteiger charge is -2.11. The molecule has 4 heteroatoms. The molecule has 2 N–H and O–H groups in total. The second-order valence-corrected chi connectivity index (χ2v) is 1.30. The molecule has 0 aromatic rings. The number of rotatable bonds is 2. The zero-order chi connectivity index (χ0) is 11.1. The van der Waals surface area contributed by atoms with Crippen LogP contribution in [-0.2, 0) is 4.79 Å². The van der Waals surface area contributed by atoms with Crippen molar-refractivity contribution >= 4 is 17.6 Å². The highest BCUT2D eigenvalue weighted by Gasteiger charge is 2.27. The maximum Gasteiger partial charge on any atom is 0.336 e. The van der Waals surface area contributed by atoms with E-state index in [0.717, 1.165) is 0 Å². The van der Waals surface area contributed by atoms with Crippen molar-refractivity contribution in [1.82, 2.24) is 0 Å². The van der Waals surface area contributed by atoms with Crippen LogP contribution in [-0.4, -0.2) is 27.6 Å². The largest absolute Gasteiger partial charge is 0.479 e. The van der Waals surface area contributed by atoms with E-state index >= 15 is 0 Å². The molecule has 0 aromatic carbocycles. The molecule has 3 nitrogen and oxygen atoms in total. The van der Waals surface area contributed by atoms with E-state index in [1.807, 2.05) is 0 Å². The van der Waals surface area contributed by atoms with Crippen molar-refractivity contribution in [3.05, 3.63) is 0 Å². The van der Waals surface area contributed by atoms with Crippen LogP contribution < -0.4 is 0 Å². The monoisotopic (exact) mass is 143 g/mol. The van der Waals surface area contributed by atoms with E-state index in [1.54, 1.807) is 0 Å². The summed E-state index contributed by atoms with van der Waals surface area (Å²) >= 11 is 4.86. The first kappa shape index (κ1) is 2.54. The predicted octanol–water partition coefficient (Wildman–Crippen LogP) is 0.0608. The van der Waals surface area contributed by atoms with E-state index in [-0.39, 0.29) is 0 Å². The number of aliphatic carboxylic acids is 1. The fourth-order valence-electron chi connectivity index (χ4n) is 0.0404. The Kier molecular flexibility index (Phi) is 0.738. The summed E-state index contributed by atoms with van der Waals surface area (Å²) in [4.78, 5) is 10.4. The third kappa shape index (κ3) is 1.68. The highest BCUT2D eigenvalue weighted by molar-refractivity contribution is 6.20. The van der Waals surface area contributed by atoms with Crippen LogP contribution in [0.15, 0.2) is 0 Å². The molecule has 0 aliphatic rings. The van der Waals surface area contributed by atoms with E-state index < -0.39 is 24.3 Å². The lowest BCUT2D eigenvalue weighted by Crippen LogP contribution is -2.36. The lowest BCUT2D eigenvalue weighted by molar-refractivity contribution is -0.154. The Morgan fingerprint density at radius 1 is 2.25 bits per heavy atom.